The van der Waals surface area contributed by atoms with Crippen molar-refractivity contribution >= 4 is 29.1 Å². The van der Waals surface area contributed by atoms with Crippen molar-refractivity contribution in [2.24, 2.45) is 0 Å². The number of carbonyl (C=O) groups is 3. The van der Waals surface area contributed by atoms with Gasteiger partial charge in [0.15, 0.2) is 0 Å². The fraction of sp³-hybridized carbons (Fsp3) is 0.462. The number of aliphatic carboxylic acids is 1. The molecule has 0 saturated heterocycles. The standard InChI is InChI=1S/C13H18N2O4S/c1-13(2,12(18)19)15(4)10(16)8-14(3)11(17)9-6-5-7-20-9/h5-7H,8H2,1-4H3,(H,18,19). The number of carboxylic acid groups (broad SMARTS) is 1. The Balaban J connectivity index is 2.71. The third-order valence-corrected chi connectivity index (χ3v) is 4.04. The predicted octanol–water partition coefficient (Wildman–Crippen LogP) is 1.14. The molecule has 0 atom stereocenters. The molecular formula is C13H18N2O4S. The molecule has 20 heavy (non-hydrogen) atoms. The van der Waals surface area contributed by atoms with Crippen LogP contribution in [0.2, 0.25) is 0 Å². The topological polar surface area (TPSA) is 77.9 Å². The van der Waals surface area contributed by atoms with Gasteiger partial charge in [-0.25, -0.2) is 4.79 Å². The van der Waals surface area contributed by atoms with Crippen LogP contribution >= 0.6 is 11.3 Å². The maximum absolute atomic E-state index is 12.1. The maximum Gasteiger partial charge on any atom is 0.329 e. The average molecular weight is 298 g/mol. The number of carbonyl (C=O) groups excluding carboxylic acids is 2. The van der Waals surface area contributed by atoms with Crippen LogP contribution in [0.4, 0.5) is 0 Å². The SMILES string of the molecule is CN(CC(=O)N(C)C(C)(C)C(=O)O)C(=O)c1cccs1. The van der Waals surface area contributed by atoms with E-state index >= 15 is 0 Å². The molecule has 1 N–H and O–H groups in total. The lowest BCUT2D eigenvalue weighted by Crippen LogP contribution is -2.53. The summed E-state index contributed by atoms with van der Waals surface area (Å²) in [5.41, 5.74) is -1.32. The molecule has 0 spiro atoms. The zero-order chi connectivity index (χ0) is 15.5. The van der Waals surface area contributed by atoms with E-state index in [0.29, 0.717) is 4.88 Å². The van der Waals surface area contributed by atoms with Crippen LogP contribution in [0.15, 0.2) is 17.5 Å². The highest BCUT2D eigenvalue weighted by Gasteiger charge is 2.35. The summed E-state index contributed by atoms with van der Waals surface area (Å²) in [7, 11) is 2.93. The lowest BCUT2D eigenvalue weighted by atomic mass is 10.0. The van der Waals surface area contributed by atoms with Gasteiger partial charge in [0.1, 0.15) is 5.54 Å². The van der Waals surface area contributed by atoms with Gasteiger partial charge in [-0.1, -0.05) is 6.07 Å². The molecule has 6 nitrogen and oxygen atoms in total. The fourth-order valence-corrected chi connectivity index (χ4v) is 2.14. The minimum atomic E-state index is -1.32. The molecule has 0 fully saturated rings. The lowest BCUT2D eigenvalue weighted by molar-refractivity contribution is -0.155. The van der Waals surface area contributed by atoms with Gasteiger partial charge in [0.05, 0.1) is 11.4 Å². The molecule has 0 aliphatic carbocycles. The summed E-state index contributed by atoms with van der Waals surface area (Å²) in [5.74, 6) is -1.78. The number of hydrogen-bond donors (Lipinski definition) is 1. The van der Waals surface area contributed by atoms with Gasteiger partial charge in [0.25, 0.3) is 5.91 Å². The zero-order valence-electron chi connectivity index (χ0n) is 11.9. The summed E-state index contributed by atoms with van der Waals surface area (Å²) < 4.78 is 0. The number of hydrogen-bond acceptors (Lipinski definition) is 4. The van der Waals surface area contributed by atoms with Crippen molar-refractivity contribution in [3.63, 3.8) is 0 Å². The number of rotatable bonds is 5. The highest BCUT2D eigenvalue weighted by atomic mass is 32.1. The number of thiophene rings is 1. The first-order chi connectivity index (χ1) is 9.17. The van der Waals surface area contributed by atoms with Gasteiger partial charge in [-0.3, -0.25) is 9.59 Å². The van der Waals surface area contributed by atoms with Crippen molar-refractivity contribution in [2.75, 3.05) is 20.6 Å². The predicted molar refractivity (Wildman–Crippen MR) is 75.8 cm³/mol. The third-order valence-electron chi connectivity index (χ3n) is 3.19. The smallest absolute Gasteiger partial charge is 0.329 e. The molecule has 0 aliphatic heterocycles. The van der Waals surface area contributed by atoms with E-state index in [1.807, 2.05) is 0 Å². The van der Waals surface area contributed by atoms with E-state index in [-0.39, 0.29) is 12.5 Å². The fourth-order valence-electron chi connectivity index (χ4n) is 1.42. The molecule has 7 heteroatoms. The Morgan fingerprint density at radius 3 is 2.35 bits per heavy atom. The van der Waals surface area contributed by atoms with Crippen LogP contribution in [0.25, 0.3) is 0 Å². The largest absolute Gasteiger partial charge is 0.480 e. The average Bonchev–Trinajstić information content (AvgIpc) is 2.90. The molecule has 1 aromatic heterocycles. The Hall–Kier alpha value is -1.89. The first-order valence-corrected chi connectivity index (χ1v) is 6.85. The highest BCUT2D eigenvalue weighted by molar-refractivity contribution is 7.12. The summed E-state index contributed by atoms with van der Waals surface area (Å²) in [4.78, 5) is 38.1. The first kappa shape index (κ1) is 16.2. The van der Waals surface area contributed by atoms with Gasteiger partial charge in [0, 0.05) is 14.1 Å². The van der Waals surface area contributed by atoms with Crippen LogP contribution < -0.4 is 0 Å². The van der Waals surface area contributed by atoms with Crippen molar-refractivity contribution in [2.45, 2.75) is 19.4 Å². The number of nitrogens with zero attached hydrogens (tertiary/aromatic N) is 2. The molecule has 0 aliphatic rings. The van der Waals surface area contributed by atoms with Crippen LogP contribution in [0.5, 0.6) is 0 Å². The van der Waals surface area contributed by atoms with Gasteiger partial charge in [-0.15, -0.1) is 11.3 Å². The van der Waals surface area contributed by atoms with E-state index in [9.17, 15) is 14.4 Å². The van der Waals surface area contributed by atoms with Gasteiger partial charge in [0.2, 0.25) is 5.91 Å². The minimum Gasteiger partial charge on any atom is -0.480 e. The lowest BCUT2D eigenvalue weighted by Gasteiger charge is -2.32. The Kier molecular flexibility index (Phi) is 4.88. The summed E-state index contributed by atoms with van der Waals surface area (Å²) in [6, 6.07) is 3.44. The van der Waals surface area contributed by atoms with Crippen molar-refractivity contribution < 1.29 is 19.5 Å². The van der Waals surface area contributed by atoms with Gasteiger partial charge < -0.3 is 14.9 Å². The summed E-state index contributed by atoms with van der Waals surface area (Å²) in [6.45, 7) is 2.71. The van der Waals surface area contributed by atoms with Crippen molar-refractivity contribution in [3.8, 4) is 0 Å². The molecule has 110 valence electrons. The van der Waals surface area contributed by atoms with Gasteiger partial charge in [-0.05, 0) is 25.3 Å². The normalized spacial score (nSPS) is 11.0. The molecule has 0 aromatic carbocycles. The minimum absolute atomic E-state index is 0.163. The molecule has 0 radical (unpaired) electrons. The van der Waals surface area contributed by atoms with Crippen LogP contribution in [-0.2, 0) is 9.59 Å². The molecule has 0 saturated carbocycles. The second-order valence-corrected chi connectivity index (χ2v) is 5.90. The first-order valence-electron chi connectivity index (χ1n) is 5.97. The third kappa shape index (κ3) is 3.36. The summed E-state index contributed by atoms with van der Waals surface area (Å²) in [6.07, 6.45) is 0. The Morgan fingerprint density at radius 1 is 1.30 bits per heavy atom. The summed E-state index contributed by atoms with van der Waals surface area (Å²) >= 11 is 1.30. The van der Waals surface area contributed by atoms with E-state index in [1.54, 1.807) is 17.5 Å². The summed E-state index contributed by atoms with van der Waals surface area (Å²) in [5, 5.41) is 10.9. The van der Waals surface area contributed by atoms with Gasteiger partial charge >= 0.3 is 5.97 Å². The van der Waals surface area contributed by atoms with E-state index in [4.69, 9.17) is 5.11 Å². The van der Waals surface area contributed by atoms with E-state index in [0.717, 1.165) is 4.90 Å². The Labute approximate surface area is 121 Å². The number of carboxylic acids is 1. The van der Waals surface area contributed by atoms with Crippen LogP contribution in [0.1, 0.15) is 23.5 Å². The van der Waals surface area contributed by atoms with Crippen LogP contribution in [0, 0.1) is 0 Å². The van der Waals surface area contributed by atoms with E-state index < -0.39 is 17.4 Å². The number of likely N-dealkylation sites (N-methyl/N-ethyl adjacent to an activating group) is 2. The van der Waals surface area contributed by atoms with Crippen molar-refractivity contribution in [1.29, 1.82) is 0 Å². The van der Waals surface area contributed by atoms with E-state index in [1.165, 1.54) is 44.2 Å². The quantitative estimate of drug-likeness (QED) is 0.884. The number of amides is 2. The molecule has 1 rings (SSSR count). The van der Waals surface area contributed by atoms with E-state index in [2.05, 4.69) is 0 Å². The molecular weight excluding hydrogens is 280 g/mol. The molecule has 0 bridgehead atoms. The second kappa shape index (κ2) is 6.04. The zero-order valence-corrected chi connectivity index (χ0v) is 12.7. The maximum atomic E-state index is 12.1. The highest BCUT2D eigenvalue weighted by Crippen LogP contribution is 2.14. The molecule has 1 aromatic rings. The van der Waals surface area contributed by atoms with Crippen LogP contribution in [-0.4, -0.2) is 58.9 Å². The monoisotopic (exact) mass is 298 g/mol. The molecule has 0 unspecified atom stereocenters. The Morgan fingerprint density at radius 2 is 1.90 bits per heavy atom. The molecule has 1 heterocycles. The van der Waals surface area contributed by atoms with Crippen LogP contribution in [0.3, 0.4) is 0 Å². The Bertz CT molecular complexity index is 510. The van der Waals surface area contributed by atoms with Crippen molar-refractivity contribution in [3.05, 3.63) is 22.4 Å². The second-order valence-electron chi connectivity index (χ2n) is 4.96. The molecule has 2 amide bonds. The van der Waals surface area contributed by atoms with Gasteiger partial charge in [-0.2, -0.15) is 0 Å². The van der Waals surface area contributed by atoms with Crippen molar-refractivity contribution in [1.82, 2.24) is 9.80 Å².